The van der Waals surface area contributed by atoms with Gasteiger partial charge in [-0.05, 0) is 24.3 Å². The zero-order valence-corrected chi connectivity index (χ0v) is 13.9. The van der Waals surface area contributed by atoms with Crippen molar-refractivity contribution in [2.75, 3.05) is 18.6 Å². The molecular formula is C18H21N3O3. The highest BCUT2D eigenvalue weighted by molar-refractivity contribution is 5.93. The fourth-order valence-corrected chi connectivity index (χ4v) is 2.29. The highest BCUT2D eigenvalue weighted by atomic mass is 16.5. The molecule has 2 rings (SSSR count). The van der Waals surface area contributed by atoms with Crippen LogP contribution in [-0.4, -0.2) is 30.5 Å². The fourth-order valence-electron chi connectivity index (χ4n) is 2.29. The van der Waals surface area contributed by atoms with Crippen LogP contribution in [0.3, 0.4) is 0 Å². The number of carbonyl (C=O) groups excluding carboxylic acids is 2. The van der Waals surface area contributed by atoms with Crippen molar-refractivity contribution in [3.05, 3.63) is 54.4 Å². The van der Waals surface area contributed by atoms with Gasteiger partial charge in [-0.2, -0.15) is 0 Å². The number of carbonyl (C=O) groups is 2. The Kier molecular flexibility index (Phi) is 6.31. The zero-order valence-electron chi connectivity index (χ0n) is 13.9. The van der Waals surface area contributed by atoms with Crippen molar-refractivity contribution >= 4 is 17.5 Å². The standard InChI is InChI=1S/C18H21N3O3/c1-14(22)21(16-8-3-4-9-17(16)24-2)12-10-18(23)20-13-15-7-5-6-11-19-15/h3-9,11H,10,12-13H2,1-2H3,(H,20,23). The number of pyridine rings is 1. The minimum atomic E-state index is -0.142. The molecule has 1 aromatic heterocycles. The first-order chi connectivity index (χ1) is 11.6. The Labute approximate surface area is 141 Å². The second-order valence-corrected chi connectivity index (χ2v) is 5.19. The number of anilines is 1. The number of benzene rings is 1. The predicted molar refractivity (Wildman–Crippen MR) is 91.7 cm³/mol. The minimum Gasteiger partial charge on any atom is -0.495 e. The van der Waals surface area contributed by atoms with Crippen LogP contribution in [0.2, 0.25) is 0 Å². The molecule has 1 aromatic carbocycles. The first-order valence-electron chi connectivity index (χ1n) is 7.69. The SMILES string of the molecule is COc1ccccc1N(CCC(=O)NCc1ccccn1)C(C)=O. The van der Waals surface area contributed by atoms with E-state index in [9.17, 15) is 9.59 Å². The number of aromatic nitrogens is 1. The lowest BCUT2D eigenvalue weighted by Crippen LogP contribution is -2.34. The van der Waals surface area contributed by atoms with Crippen LogP contribution in [0.25, 0.3) is 0 Å². The molecule has 2 amide bonds. The molecule has 0 atom stereocenters. The van der Waals surface area contributed by atoms with Gasteiger partial charge in [-0.15, -0.1) is 0 Å². The van der Waals surface area contributed by atoms with E-state index in [1.165, 1.54) is 6.92 Å². The van der Waals surface area contributed by atoms with Crippen LogP contribution in [0.5, 0.6) is 5.75 Å². The Balaban J connectivity index is 1.94. The van der Waals surface area contributed by atoms with Crippen molar-refractivity contribution in [3.8, 4) is 5.75 Å². The maximum absolute atomic E-state index is 12.0. The Morgan fingerprint density at radius 1 is 1.17 bits per heavy atom. The van der Waals surface area contributed by atoms with Crippen molar-refractivity contribution in [1.82, 2.24) is 10.3 Å². The van der Waals surface area contributed by atoms with Crippen LogP contribution < -0.4 is 15.0 Å². The van der Waals surface area contributed by atoms with Crippen molar-refractivity contribution in [3.63, 3.8) is 0 Å². The molecule has 0 fully saturated rings. The summed E-state index contributed by atoms with van der Waals surface area (Å²) in [4.78, 5) is 29.6. The number of hydrogen-bond acceptors (Lipinski definition) is 4. The molecule has 1 heterocycles. The predicted octanol–water partition coefficient (Wildman–Crippen LogP) is 2.15. The number of amides is 2. The van der Waals surface area contributed by atoms with Gasteiger partial charge in [0.05, 0.1) is 25.0 Å². The molecule has 0 spiro atoms. The molecular weight excluding hydrogens is 306 g/mol. The molecule has 1 N–H and O–H groups in total. The number of para-hydroxylation sites is 2. The fraction of sp³-hybridized carbons (Fsp3) is 0.278. The summed E-state index contributed by atoms with van der Waals surface area (Å²) >= 11 is 0. The normalized spacial score (nSPS) is 10.1. The van der Waals surface area contributed by atoms with Crippen molar-refractivity contribution in [2.24, 2.45) is 0 Å². The second-order valence-electron chi connectivity index (χ2n) is 5.19. The molecule has 0 saturated heterocycles. The van der Waals surface area contributed by atoms with E-state index < -0.39 is 0 Å². The van der Waals surface area contributed by atoms with Crippen molar-refractivity contribution < 1.29 is 14.3 Å². The Morgan fingerprint density at radius 2 is 1.92 bits per heavy atom. The van der Waals surface area contributed by atoms with E-state index in [0.29, 0.717) is 18.0 Å². The number of rotatable bonds is 7. The van der Waals surface area contributed by atoms with E-state index in [1.54, 1.807) is 30.3 Å². The van der Waals surface area contributed by atoms with Gasteiger partial charge in [0.2, 0.25) is 11.8 Å². The first-order valence-corrected chi connectivity index (χ1v) is 7.69. The molecule has 0 aliphatic heterocycles. The molecule has 6 heteroatoms. The average Bonchev–Trinajstić information content (AvgIpc) is 2.61. The van der Waals surface area contributed by atoms with E-state index >= 15 is 0 Å². The summed E-state index contributed by atoms with van der Waals surface area (Å²) in [6.07, 6.45) is 1.88. The lowest BCUT2D eigenvalue weighted by atomic mass is 10.2. The van der Waals surface area contributed by atoms with Gasteiger partial charge in [0.25, 0.3) is 0 Å². The number of hydrogen-bond donors (Lipinski definition) is 1. The summed E-state index contributed by atoms with van der Waals surface area (Å²) in [7, 11) is 1.55. The van der Waals surface area contributed by atoms with Crippen LogP contribution in [0.15, 0.2) is 48.7 Å². The van der Waals surface area contributed by atoms with Crippen LogP contribution in [0.1, 0.15) is 19.0 Å². The first kappa shape index (κ1) is 17.5. The van der Waals surface area contributed by atoms with Gasteiger partial charge < -0.3 is 15.0 Å². The van der Waals surface area contributed by atoms with Crippen LogP contribution in [0, 0.1) is 0 Å². The minimum absolute atomic E-state index is 0.137. The summed E-state index contributed by atoms with van der Waals surface area (Å²) in [5.41, 5.74) is 1.45. The third kappa shape index (κ3) is 4.81. The lowest BCUT2D eigenvalue weighted by molar-refractivity contribution is -0.121. The Hall–Kier alpha value is -2.89. The number of nitrogens with zero attached hydrogens (tertiary/aromatic N) is 2. The van der Waals surface area contributed by atoms with Crippen LogP contribution in [-0.2, 0) is 16.1 Å². The highest BCUT2D eigenvalue weighted by Crippen LogP contribution is 2.27. The molecule has 2 aromatic rings. The molecule has 0 unspecified atom stereocenters. The maximum Gasteiger partial charge on any atom is 0.223 e. The number of methoxy groups -OCH3 is 1. The van der Waals surface area contributed by atoms with Gasteiger partial charge >= 0.3 is 0 Å². The molecule has 126 valence electrons. The van der Waals surface area contributed by atoms with Crippen LogP contribution >= 0.6 is 0 Å². The molecule has 0 radical (unpaired) electrons. The van der Waals surface area contributed by atoms with E-state index in [2.05, 4.69) is 10.3 Å². The monoisotopic (exact) mass is 327 g/mol. The van der Waals surface area contributed by atoms with Gasteiger partial charge in [-0.1, -0.05) is 18.2 Å². The topological polar surface area (TPSA) is 71.5 Å². The largest absolute Gasteiger partial charge is 0.495 e. The van der Waals surface area contributed by atoms with E-state index in [-0.39, 0.29) is 24.8 Å². The third-order valence-electron chi connectivity index (χ3n) is 3.51. The van der Waals surface area contributed by atoms with Gasteiger partial charge in [0.15, 0.2) is 0 Å². The van der Waals surface area contributed by atoms with Gasteiger partial charge in [0, 0.05) is 26.1 Å². The highest BCUT2D eigenvalue weighted by Gasteiger charge is 2.16. The van der Waals surface area contributed by atoms with E-state index in [0.717, 1.165) is 5.69 Å². The quantitative estimate of drug-likeness (QED) is 0.846. The summed E-state index contributed by atoms with van der Waals surface area (Å²) in [6, 6.07) is 12.8. The van der Waals surface area contributed by atoms with E-state index in [1.807, 2.05) is 30.3 Å². The number of nitrogens with one attached hydrogen (secondary N) is 1. The second kappa shape index (κ2) is 8.67. The molecule has 0 aliphatic carbocycles. The van der Waals surface area contributed by atoms with Crippen LogP contribution in [0.4, 0.5) is 5.69 Å². The van der Waals surface area contributed by atoms with Crippen molar-refractivity contribution in [2.45, 2.75) is 19.9 Å². The summed E-state index contributed by atoms with van der Waals surface area (Å²) in [5.74, 6) is 0.320. The third-order valence-corrected chi connectivity index (χ3v) is 3.51. The zero-order chi connectivity index (χ0) is 17.4. The molecule has 24 heavy (non-hydrogen) atoms. The smallest absolute Gasteiger partial charge is 0.223 e. The summed E-state index contributed by atoms with van der Waals surface area (Å²) in [5, 5.41) is 2.80. The summed E-state index contributed by atoms with van der Waals surface area (Å²) < 4.78 is 5.29. The van der Waals surface area contributed by atoms with Gasteiger partial charge in [-0.25, -0.2) is 0 Å². The number of ether oxygens (including phenoxy) is 1. The van der Waals surface area contributed by atoms with Gasteiger partial charge in [-0.3, -0.25) is 14.6 Å². The molecule has 6 nitrogen and oxygen atoms in total. The van der Waals surface area contributed by atoms with Crippen molar-refractivity contribution in [1.29, 1.82) is 0 Å². The Bertz CT molecular complexity index is 689. The summed E-state index contributed by atoms with van der Waals surface area (Å²) in [6.45, 7) is 2.12. The molecule has 0 saturated carbocycles. The van der Waals surface area contributed by atoms with Gasteiger partial charge in [0.1, 0.15) is 5.75 Å². The molecule has 0 aliphatic rings. The average molecular weight is 327 g/mol. The Morgan fingerprint density at radius 3 is 2.58 bits per heavy atom. The maximum atomic E-state index is 12.0. The van der Waals surface area contributed by atoms with E-state index in [4.69, 9.17) is 4.74 Å². The lowest BCUT2D eigenvalue weighted by Gasteiger charge is -2.23. The molecule has 0 bridgehead atoms.